The Hall–Kier alpha value is -3.66. The number of hydrogen-bond acceptors (Lipinski definition) is 5. The van der Waals surface area contributed by atoms with Crippen LogP contribution in [-0.4, -0.2) is 74.3 Å². The minimum atomic E-state index is -0.909. The molecule has 0 aliphatic carbocycles. The lowest BCUT2D eigenvalue weighted by Gasteiger charge is -2.40. The Kier molecular flexibility index (Phi) is 10.0. The van der Waals surface area contributed by atoms with Crippen molar-refractivity contribution in [1.82, 2.24) is 4.90 Å². The van der Waals surface area contributed by atoms with Crippen molar-refractivity contribution in [3.05, 3.63) is 121 Å². The summed E-state index contributed by atoms with van der Waals surface area (Å²) >= 11 is 5.51. The van der Waals surface area contributed by atoms with Crippen molar-refractivity contribution in [3.8, 4) is 0 Å². The maximum absolute atomic E-state index is 15.3. The molecule has 2 bridgehead atoms. The van der Waals surface area contributed by atoms with Gasteiger partial charge in [0.15, 0.2) is 0 Å². The van der Waals surface area contributed by atoms with Crippen molar-refractivity contribution in [2.75, 3.05) is 29.5 Å². The number of hydrogen-bond donors (Lipinski definition) is 1. The van der Waals surface area contributed by atoms with E-state index >= 15 is 9.59 Å². The van der Waals surface area contributed by atoms with Crippen LogP contribution >= 0.6 is 27.7 Å². The number of benzene rings is 3. The highest BCUT2D eigenvalue weighted by molar-refractivity contribution is 9.09. The SMILES string of the molecule is C=CCN(C(=O)[C@H]1[C@@H]2SC3(CC2Br)C(C(=O)N(CC=C)c2cc(C)ccc2C)N([C@@H](CO)Cc2ccccc2)C(=O)[C@H]13)c1ccccc1. The number of aliphatic hydroxyl groups excluding tert-OH is 1. The van der Waals surface area contributed by atoms with Gasteiger partial charge in [0.05, 0.1) is 29.2 Å². The van der Waals surface area contributed by atoms with E-state index < -0.39 is 28.7 Å². The minimum absolute atomic E-state index is 0.0904. The van der Waals surface area contributed by atoms with E-state index in [0.717, 1.165) is 28.1 Å². The summed E-state index contributed by atoms with van der Waals surface area (Å²) in [4.78, 5) is 50.0. The fourth-order valence-corrected chi connectivity index (χ4v) is 11.6. The van der Waals surface area contributed by atoms with E-state index in [9.17, 15) is 9.90 Å². The molecule has 3 amide bonds. The summed E-state index contributed by atoms with van der Waals surface area (Å²) in [5.41, 5.74) is 4.39. The lowest BCUT2D eigenvalue weighted by atomic mass is 9.70. The number of thioether (sulfide) groups is 1. The summed E-state index contributed by atoms with van der Waals surface area (Å²) in [6.07, 6.45) is 4.31. The quantitative estimate of drug-likeness (QED) is 0.180. The number of aliphatic hydroxyl groups is 1. The number of carbonyl (C=O) groups excluding carboxylic acids is 3. The summed E-state index contributed by atoms with van der Waals surface area (Å²) in [5.74, 6) is -2.05. The van der Waals surface area contributed by atoms with Gasteiger partial charge in [-0.05, 0) is 61.6 Å². The second kappa shape index (κ2) is 14.1. The molecular formula is C39H42BrN3O4S. The van der Waals surface area contributed by atoms with Crippen LogP contribution in [0.5, 0.6) is 0 Å². The molecule has 48 heavy (non-hydrogen) atoms. The second-order valence-electron chi connectivity index (χ2n) is 13.0. The van der Waals surface area contributed by atoms with Crippen molar-refractivity contribution in [2.45, 2.75) is 53.6 Å². The minimum Gasteiger partial charge on any atom is -0.394 e. The number of aryl methyl sites for hydroxylation is 2. The van der Waals surface area contributed by atoms with Gasteiger partial charge in [-0.25, -0.2) is 0 Å². The lowest BCUT2D eigenvalue weighted by Crippen LogP contribution is -2.58. The first-order valence-electron chi connectivity index (χ1n) is 16.4. The highest BCUT2D eigenvalue weighted by Crippen LogP contribution is 2.68. The van der Waals surface area contributed by atoms with Crippen molar-refractivity contribution >= 4 is 56.8 Å². The van der Waals surface area contributed by atoms with E-state index in [0.29, 0.717) is 12.8 Å². The van der Waals surface area contributed by atoms with Gasteiger partial charge in [-0.15, -0.1) is 24.9 Å². The van der Waals surface area contributed by atoms with Crippen LogP contribution in [0.3, 0.4) is 0 Å². The third kappa shape index (κ3) is 5.84. The topological polar surface area (TPSA) is 81.2 Å². The molecule has 3 saturated heterocycles. The number of anilines is 2. The van der Waals surface area contributed by atoms with E-state index in [1.807, 2.05) is 92.7 Å². The van der Waals surface area contributed by atoms with E-state index in [2.05, 4.69) is 29.1 Å². The average Bonchev–Trinajstić information content (AvgIpc) is 3.69. The standard InChI is InChI=1S/C39H42BrN3O4S/c1-5-19-41(28-15-11-8-12-16-28)36(45)32-33-37(46)43(29(24-44)22-27-13-9-7-10-14-27)35(39(33)23-30(40)34(32)48-39)38(47)42(20-6-2)31-21-25(3)17-18-26(31)4/h5-18,21,29-30,32-35,44H,1-2,19-20,22-24H2,3-4H3/t29-,30?,32-,33+,34-,35?,39?/m1/s1. The fraction of sp³-hybridized carbons (Fsp3) is 0.359. The van der Waals surface area contributed by atoms with Gasteiger partial charge < -0.3 is 19.8 Å². The van der Waals surface area contributed by atoms with Gasteiger partial charge in [0.25, 0.3) is 5.91 Å². The third-order valence-corrected chi connectivity index (χ3v) is 13.3. The van der Waals surface area contributed by atoms with E-state index in [1.54, 1.807) is 38.6 Å². The Balaban J connectivity index is 1.49. The van der Waals surface area contributed by atoms with Crippen LogP contribution in [0.25, 0.3) is 0 Å². The molecule has 7 nitrogen and oxygen atoms in total. The molecule has 250 valence electrons. The zero-order valence-corrected chi connectivity index (χ0v) is 29.8. The molecule has 3 aliphatic rings. The zero-order chi connectivity index (χ0) is 34.2. The fourth-order valence-electron chi connectivity index (χ4n) is 7.99. The molecule has 3 heterocycles. The molecule has 7 atom stereocenters. The highest BCUT2D eigenvalue weighted by atomic mass is 79.9. The number of alkyl halides is 1. The zero-order valence-electron chi connectivity index (χ0n) is 27.4. The van der Waals surface area contributed by atoms with Crippen LogP contribution in [0.15, 0.2) is 104 Å². The Bertz CT molecular complexity index is 1700. The molecule has 1 N–H and O–H groups in total. The Morgan fingerprint density at radius 3 is 2.29 bits per heavy atom. The molecule has 6 rings (SSSR count). The van der Waals surface area contributed by atoms with Crippen molar-refractivity contribution in [2.24, 2.45) is 11.8 Å². The van der Waals surface area contributed by atoms with Gasteiger partial charge in [0.1, 0.15) is 6.04 Å². The molecule has 3 aliphatic heterocycles. The smallest absolute Gasteiger partial charge is 0.251 e. The third-order valence-electron chi connectivity index (χ3n) is 10.0. The maximum atomic E-state index is 15.3. The largest absolute Gasteiger partial charge is 0.394 e. The average molecular weight is 729 g/mol. The first kappa shape index (κ1) is 34.2. The summed E-state index contributed by atoms with van der Waals surface area (Å²) in [5, 5.41) is 10.7. The van der Waals surface area contributed by atoms with Gasteiger partial charge in [0.2, 0.25) is 11.8 Å². The molecule has 9 heteroatoms. The van der Waals surface area contributed by atoms with Crippen molar-refractivity contribution in [3.63, 3.8) is 0 Å². The maximum Gasteiger partial charge on any atom is 0.251 e. The van der Waals surface area contributed by atoms with Crippen LogP contribution in [0.4, 0.5) is 11.4 Å². The lowest BCUT2D eigenvalue weighted by molar-refractivity contribution is -0.141. The van der Waals surface area contributed by atoms with Crippen LogP contribution in [0.2, 0.25) is 0 Å². The van der Waals surface area contributed by atoms with Gasteiger partial charge in [-0.1, -0.05) is 88.7 Å². The van der Waals surface area contributed by atoms with E-state index in [4.69, 9.17) is 0 Å². The van der Waals surface area contributed by atoms with Gasteiger partial charge in [0, 0.05) is 34.5 Å². The predicted molar refractivity (Wildman–Crippen MR) is 198 cm³/mol. The first-order chi connectivity index (χ1) is 23.2. The molecular weight excluding hydrogens is 686 g/mol. The highest BCUT2D eigenvalue weighted by Gasteiger charge is 2.76. The molecule has 3 aromatic carbocycles. The molecule has 0 aromatic heterocycles. The predicted octanol–water partition coefficient (Wildman–Crippen LogP) is 6.11. The molecule has 0 saturated carbocycles. The number of para-hydroxylation sites is 1. The Morgan fingerprint density at radius 2 is 1.65 bits per heavy atom. The Labute approximate surface area is 295 Å². The van der Waals surface area contributed by atoms with E-state index in [1.165, 1.54) is 0 Å². The molecule has 3 unspecified atom stereocenters. The summed E-state index contributed by atoms with van der Waals surface area (Å²) in [7, 11) is 0. The Morgan fingerprint density at radius 1 is 1.00 bits per heavy atom. The number of fused-ring (bicyclic) bond motifs is 1. The number of rotatable bonds is 12. The summed E-state index contributed by atoms with van der Waals surface area (Å²) in [6, 6.07) is 23.6. The van der Waals surface area contributed by atoms with Crippen LogP contribution < -0.4 is 9.80 Å². The number of amides is 3. The first-order valence-corrected chi connectivity index (χ1v) is 18.2. The number of carbonyl (C=O) groups is 3. The van der Waals surface area contributed by atoms with Crippen molar-refractivity contribution < 1.29 is 19.5 Å². The van der Waals surface area contributed by atoms with Gasteiger partial charge in [-0.2, -0.15) is 0 Å². The van der Waals surface area contributed by atoms with E-state index in [-0.39, 0.29) is 47.5 Å². The normalized spacial score (nSPS) is 26.2. The van der Waals surface area contributed by atoms with Crippen LogP contribution in [0.1, 0.15) is 23.1 Å². The molecule has 3 fully saturated rings. The summed E-state index contributed by atoms with van der Waals surface area (Å²) < 4.78 is -0.884. The second-order valence-corrected chi connectivity index (χ2v) is 15.8. The number of halogens is 1. The summed E-state index contributed by atoms with van der Waals surface area (Å²) in [6.45, 7) is 12.1. The van der Waals surface area contributed by atoms with Gasteiger partial charge >= 0.3 is 0 Å². The monoisotopic (exact) mass is 727 g/mol. The molecule has 0 radical (unpaired) electrons. The van der Waals surface area contributed by atoms with Crippen LogP contribution in [-0.2, 0) is 20.8 Å². The van der Waals surface area contributed by atoms with Crippen LogP contribution in [0, 0.1) is 25.7 Å². The molecule has 3 aromatic rings. The number of likely N-dealkylation sites (tertiary alicyclic amines) is 1. The van der Waals surface area contributed by atoms with Gasteiger partial charge in [-0.3, -0.25) is 14.4 Å². The number of nitrogens with zero attached hydrogens (tertiary/aromatic N) is 3. The van der Waals surface area contributed by atoms with Crippen molar-refractivity contribution in [1.29, 1.82) is 0 Å². The molecule has 1 spiro atoms.